The van der Waals surface area contributed by atoms with Crippen molar-refractivity contribution in [2.45, 2.75) is 6.92 Å². The highest BCUT2D eigenvalue weighted by atomic mass is 79.9. The Bertz CT molecular complexity index is 485. The fourth-order valence-electron chi connectivity index (χ4n) is 1.82. The van der Waals surface area contributed by atoms with E-state index in [4.69, 9.17) is 0 Å². The molecule has 0 unspecified atom stereocenters. The highest BCUT2D eigenvalue weighted by molar-refractivity contribution is 9.10. The monoisotopic (exact) mass is 303 g/mol. The summed E-state index contributed by atoms with van der Waals surface area (Å²) in [6.07, 6.45) is 0. The number of halogens is 1. The molecule has 5 heteroatoms. The molecule has 1 aliphatic heterocycles. The molecule has 1 aromatic rings. The van der Waals surface area contributed by atoms with Crippen molar-refractivity contribution in [1.29, 1.82) is 0 Å². The van der Waals surface area contributed by atoms with Crippen molar-refractivity contribution < 1.29 is 8.42 Å². The summed E-state index contributed by atoms with van der Waals surface area (Å²) in [5.41, 5.74) is 2.28. The van der Waals surface area contributed by atoms with Gasteiger partial charge in [-0.3, -0.25) is 0 Å². The van der Waals surface area contributed by atoms with E-state index in [0.717, 1.165) is 10.2 Å². The Morgan fingerprint density at radius 3 is 2.50 bits per heavy atom. The zero-order chi connectivity index (χ0) is 11.8. The molecule has 3 nitrogen and oxygen atoms in total. The van der Waals surface area contributed by atoms with Gasteiger partial charge >= 0.3 is 0 Å². The highest BCUT2D eigenvalue weighted by Crippen LogP contribution is 2.28. The minimum absolute atomic E-state index is 0.257. The number of aryl methyl sites for hydroxylation is 1. The summed E-state index contributed by atoms with van der Waals surface area (Å²) < 4.78 is 23.7. The number of hydrogen-bond acceptors (Lipinski definition) is 3. The van der Waals surface area contributed by atoms with Gasteiger partial charge in [-0.25, -0.2) is 8.42 Å². The Morgan fingerprint density at radius 2 is 1.88 bits per heavy atom. The first-order valence-corrected chi connectivity index (χ1v) is 7.81. The molecule has 1 aliphatic rings. The predicted octanol–water partition coefficient (Wildman–Crippen LogP) is 1.99. The van der Waals surface area contributed by atoms with Crippen LogP contribution in [0.2, 0.25) is 0 Å². The van der Waals surface area contributed by atoms with Crippen molar-refractivity contribution in [2.24, 2.45) is 0 Å². The predicted molar refractivity (Wildman–Crippen MR) is 69.7 cm³/mol. The van der Waals surface area contributed by atoms with Crippen LogP contribution >= 0.6 is 15.9 Å². The first-order valence-electron chi connectivity index (χ1n) is 5.19. The molecule has 16 heavy (non-hydrogen) atoms. The molecule has 0 aromatic heterocycles. The summed E-state index contributed by atoms with van der Waals surface area (Å²) >= 11 is 3.50. The minimum atomic E-state index is -2.80. The van der Waals surface area contributed by atoms with E-state index in [2.05, 4.69) is 26.9 Å². The lowest BCUT2D eigenvalue weighted by Crippen LogP contribution is -2.40. The fourth-order valence-corrected chi connectivity index (χ4v) is 3.52. The second kappa shape index (κ2) is 4.37. The summed E-state index contributed by atoms with van der Waals surface area (Å²) in [7, 11) is -2.80. The molecule has 1 aromatic carbocycles. The van der Waals surface area contributed by atoms with Crippen molar-refractivity contribution >= 4 is 31.5 Å². The van der Waals surface area contributed by atoms with Crippen LogP contribution in [0, 0.1) is 6.92 Å². The van der Waals surface area contributed by atoms with E-state index in [1.54, 1.807) is 0 Å². The number of rotatable bonds is 1. The maximum Gasteiger partial charge on any atom is 0.153 e. The van der Waals surface area contributed by atoms with Crippen LogP contribution in [0.1, 0.15) is 5.56 Å². The summed E-state index contributed by atoms with van der Waals surface area (Å²) in [5, 5.41) is 0. The van der Waals surface area contributed by atoms with E-state index in [0.29, 0.717) is 13.1 Å². The van der Waals surface area contributed by atoms with Crippen LogP contribution in [0.3, 0.4) is 0 Å². The Kier molecular flexibility index (Phi) is 3.26. The molecular weight excluding hydrogens is 290 g/mol. The van der Waals surface area contributed by atoms with Crippen molar-refractivity contribution in [3.05, 3.63) is 28.2 Å². The average molecular weight is 304 g/mol. The van der Waals surface area contributed by atoms with Gasteiger partial charge in [-0.1, -0.05) is 6.07 Å². The maximum absolute atomic E-state index is 11.3. The second-order valence-electron chi connectivity index (χ2n) is 4.09. The fraction of sp³-hybridized carbons (Fsp3) is 0.455. The van der Waals surface area contributed by atoms with Crippen LogP contribution in [-0.2, 0) is 9.84 Å². The molecule has 1 saturated heterocycles. The zero-order valence-electron chi connectivity index (χ0n) is 9.11. The number of hydrogen-bond donors (Lipinski definition) is 0. The van der Waals surface area contributed by atoms with E-state index in [9.17, 15) is 8.42 Å². The normalized spacial score (nSPS) is 19.8. The largest absolute Gasteiger partial charge is 0.369 e. The first-order chi connectivity index (χ1) is 7.48. The summed E-state index contributed by atoms with van der Waals surface area (Å²) in [5.74, 6) is 0.515. The topological polar surface area (TPSA) is 37.4 Å². The molecule has 0 saturated carbocycles. The van der Waals surface area contributed by atoms with Crippen molar-refractivity contribution in [3.8, 4) is 0 Å². The number of anilines is 1. The first kappa shape index (κ1) is 11.9. The van der Waals surface area contributed by atoms with Crippen molar-refractivity contribution in [3.63, 3.8) is 0 Å². The summed E-state index contributed by atoms with van der Waals surface area (Å²) in [4.78, 5) is 2.12. The van der Waals surface area contributed by atoms with Gasteiger partial charge in [0.25, 0.3) is 0 Å². The molecule has 88 valence electrons. The highest BCUT2D eigenvalue weighted by Gasteiger charge is 2.22. The van der Waals surface area contributed by atoms with Gasteiger partial charge in [0.15, 0.2) is 9.84 Å². The van der Waals surface area contributed by atoms with Gasteiger partial charge in [0.05, 0.1) is 17.2 Å². The molecule has 0 amide bonds. The van der Waals surface area contributed by atoms with E-state index < -0.39 is 9.84 Å². The number of nitrogens with zero attached hydrogens (tertiary/aromatic N) is 1. The summed E-state index contributed by atoms with van der Waals surface area (Å²) in [6.45, 7) is 3.21. The van der Waals surface area contributed by atoms with Gasteiger partial charge in [0.1, 0.15) is 0 Å². The molecule has 1 heterocycles. The van der Waals surface area contributed by atoms with Crippen LogP contribution < -0.4 is 4.90 Å². The quantitative estimate of drug-likeness (QED) is 0.796. The second-order valence-corrected chi connectivity index (χ2v) is 7.25. The zero-order valence-corrected chi connectivity index (χ0v) is 11.5. The lowest BCUT2D eigenvalue weighted by atomic mass is 10.2. The number of sulfone groups is 1. The van der Waals surface area contributed by atoms with Gasteiger partial charge < -0.3 is 4.90 Å². The Morgan fingerprint density at radius 1 is 1.25 bits per heavy atom. The SMILES string of the molecule is Cc1ccc(Br)c(N2CCS(=O)(=O)CC2)c1. The van der Waals surface area contributed by atoms with E-state index in [1.165, 1.54) is 5.56 Å². The third-order valence-electron chi connectivity index (χ3n) is 2.79. The smallest absolute Gasteiger partial charge is 0.153 e. The van der Waals surface area contributed by atoms with Crippen molar-refractivity contribution in [2.75, 3.05) is 29.5 Å². The van der Waals surface area contributed by atoms with E-state index >= 15 is 0 Å². The minimum Gasteiger partial charge on any atom is -0.369 e. The molecule has 0 bridgehead atoms. The summed E-state index contributed by atoms with van der Waals surface area (Å²) in [6, 6.07) is 6.13. The molecule has 0 spiro atoms. The van der Waals surface area contributed by atoms with Gasteiger partial charge in [-0.2, -0.15) is 0 Å². The Hall–Kier alpha value is -0.550. The van der Waals surface area contributed by atoms with Crippen molar-refractivity contribution in [1.82, 2.24) is 0 Å². The third-order valence-corrected chi connectivity index (χ3v) is 5.07. The van der Waals surface area contributed by atoms with Crippen LogP contribution in [0.5, 0.6) is 0 Å². The van der Waals surface area contributed by atoms with Crippen LogP contribution in [0.25, 0.3) is 0 Å². The van der Waals surface area contributed by atoms with Crippen LogP contribution in [-0.4, -0.2) is 33.0 Å². The average Bonchev–Trinajstić information content (AvgIpc) is 2.22. The molecular formula is C11H14BrNO2S. The molecule has 0 N–H and O–H groups in total. The molecule has 0 atom stereocenters. The van der Waals surface area contributed by atoms with Crippen LogP contribution in [0.4, 0.5) is 5.69 Å². The lowest BCUT2D eigenvalue weighted by Gasteiger charge is -2.29. The van der Waals surface area contributed by atoms with Gasteiger partial charge in [-0.15, -0.1) is 0 Å². The maximum atomic E-state index is 11.3. The molecule has 0 radical (unpaired) electrons. The molecule has 1 fully saturated rings. The number of benzene rings is 1. The lowest BCUT2D eigenvalue weighted by molar-refractivity contribution is 0.586. The van der Waals surface area contributed by atoms with Gasteiger partial charge in [0.2, 0.25) is 0 Å². The standard InChI is InChI=1S/C11H14BrNO2S/c1-9-2-3-10(12)11(8-9)13-4-6-16(14,15)7-5-13/h2-3,8H,4-7H2,1H3. The van der Waals surface area contributed by atoms with Gasteiger partial charge in [0, 0.05) is 17.6 Å². The molecule has 2 rings (SSSR count). The Balaban J connectivity index is 2.23. The van der Waals surface area contributed by atoms with E-state index in [-0.39, 0.29) is 11.5 Å². The third kappa shape index (κ3) is 2.58. The van der Waals surface area contributed by atoms with Crippen LogP contribution in [0.15, 0.2) is 22.7 Å². The molecule has 0 aliphatic carbocycles. The van der Waals surface area contributed by atoms with E-state index in [1.807, 2.05) is 19.1 Å². The van der Waals surface area contributed by atoms with Gasteiger partial charge in [-0.05, 0) is 40.5 Å². The Labute approximate surface area is 105 Å².